The Labute approximate surface area is 148 Å². The van der Waals surface area contributed by atoms with Crippen molar-refractivity contribution < 1.29 is 14.6 Å². The maximum Gasteiger partial charge on any atom is 0.235 e. The van der Waals surface area contributed by atoms with E-state index in [1.165, 1.54) is 0 Å². The zero-order valence-electron chi connectivity index (χ0n) is 14.7. The average molecular weight is 337 g/mol. The second-order valence-electron chi connectivity index (χ2n) is 6.42. The molecule has 1 aliphatic rings. The van der Waals surface area contributed by atoms with Crippen LogP contribution in [0.3, 0.4) is 0 Å². The van der Waals surface area contributed by atoms with Crippen LogP contribution in [0.25, 0.3) is 6.08 Å². The maximum absolute atomic E-state index is 12.6. The number of anilines is 1. The van der Waals surface area contributed by atoms with Gasteiger partial charge in [-0.2, -0.15) is 0 Å². The molecule has 4 nitrogen and oxygen atoms in total. The summed E-state index contributed by atoms with van der Waals surface area (Å²) in [6, 6.07) is 17.3. The number of β-lactam (4-membered cyclic amide) rings is 1. The first-order chi connectivity index (χ1) is 12.0. The molecule has 0 aromatic heterocycles. The SMILES string of the molecule is COc1ccc(N2C(=O)[C@@H]([C@@H](C)O)[C@@H]2/C(C)=C/c2ccccc2)cc1. The molecule has 1 amide bonds. The zero-order valence-corrected chi connectivity index (χ0v) is 14.7. The van der Waals surface area contributed by atoms with Gasteiger partial charge in [0.2, 0.25) is 5.91 Å². The van der Waals surface area contributed by atoms with Gasteiger partial charge in [-0.1, -0.05) is 36.4 Å². The van der Waals surface area contributed by atoms with Gasteiger partial charge in [0.15, 0.2) is 0 Å². The van der Waals surface area contributed by atoms with Crippen LogP contribution < -0.4 is 9.64 Å². The molecule has 130 valence electrons. The van der Waals surface area contributed by atoms with Crippen molar-refractivity contribution in [1.82, 2.24) is 0 Å². The number of aliphatic hydroxyl groups is 1. The van der Waals surface area contributed by atoms with E-state index in [2.05, 4.69) is 6.08 Å². The Morgan fingerprint density at radius 2 is 1.80 bits per heavy atom. The number of ether oxygens (including phenoxy) is 1. The molecule has 2 aromatic carbocycles. The van der Waals surface area contributed by atoms with E-state index in [0.717, 1.165) is 22.6 Å². The molecular formula is C21H23NO3. The zero-order chi connectivity index (χ0) is 18.0. The molecule has 0 bridgehead atoms. The number of nitrogens with zero attached hydrogens (tertiary/aromatic N) is 1. The molecule has 4 heteroatoms. The average Bonchev–Trinajstić information content (AvgIpc) is 2.60. The van der Waals surface area contributed by atoms with Crippen molar-refractivity contribution >= 4 is 17.7 Å². The molecule has 3 atom stereocenters. The third-order valence-electron chi connectivity index (χ3n) is 4.67. The monoisotopic (exact) mass is 337 g/mol. The number of carbonyl (C=O) groups excluding carboxylic acids is 1. The number of carbonyl (C=O) groups is 1. The van der Waals surface area contributed by atoms with E-state index in [1.54, 1.807) is 18.9 Å². The van der Waals surface area contributed by atoms with Crippen LogP contribution in [0.1, 0.15) is 19.4 Å². The highest BCUT2D eigenvalue weighted by molar-refractivity contribution is 6.04. The lowest BCUT2D eigenvalue weighted by atomic mass is 9.78. The van der Waals surface area contributed by atoms with Crippen LogP contribution in [-0.4, -0.2) is 30.3 Å². The van der Waals surface area contributed by atoms with Crippen LogP contribution >= 0.6 is 0 Å². The van der Waals surface area contributed by atoms with E-state index in [0.29, 0.717) is 0 Å². The number of methoxy groups -OCH3 is 1. The molecule has 25 heavy (non-hydrogen) atoms. The van der Waals surface area contributed by atoms with Crippen LogP contribution in [0.15, 0.2) is 60.2 Å². The Morgan fingerprint density at radius 3 is 2.36 bits per heavy atom. The standard InChI is InChI=1S/C21H23NO3/c1-14(13-16-7-5-4-6-8-16)20-19(15(2)23)21(24)22(20)17-9-11-18(25-3)12-10-17/h4-13,15,19-20,23H,1-3H3/b14-13+/t15-,19+,20+/m1/s1. The van der Waals surface area contributed by atoms with Crippen LogP contribution in [0.2, 0.25) is 0 Å². The highest BCUT2D eigenvalue weighted by Gasteiger charge is 2.50. The van der Waals surface area contributed by atoms with Gasteiger partial charge in [-0.3, -0.25) is 4.79 Å². The largest absolute Gasteiger partial charge is 0.497 e. The minimum absolute atomic E-state index is 0.0500. The lowest BCUT2D eigenvalue weighted by Crippen LogP contribution is -2.65. The van der Waals surface area contributed by atoms with E-state index in [4.69, 9.17) is 4.74 Å². The minimum Gasteiger partial charge on any atom is -0.497 e. The summed E-state index contributed by atoms with van der Waals surface area (Å²) in [6.45, 7) is 3.69. The second-order valence-corrected chi connectivity index (χ2v) is 6.42. The Balaban J connectivity index is 1.93. The molecule has 0 spiro atoms. The van der Waals surface area contributed by atoms with Crippen molar-refractivity contribution in [3.05, 3.63) is 65.7 Å². The highest BCUT2D eigenvalue weighted by atomic mass is 16.5. The fourth-order valence-electron chi connectivity index (χ4n) is 3.40. The van der Waals surface area contributed by atoms with Gasteiger partial charge in [0.1, 0.15) is 5.75 Å². The first-order valence-electron chi connectivity index (χ1n) is 8.41. The van der Waals surface area contributed by atoms with E-state index in [-0.39, 0.29) is 11.9 Å². The Hall–Kier alpha value is -2.59. The Kier molecular flexibility index (Phi) is 4.91. The first kappa shape index (κ1) is 17.2. The van der Waals surface area contributed by atoms with Crippen molar-refractivity contribution in [2.45, 2.75) is 26.0 Å². The summed E-state index contributed by atoms with van der Waals surface area (Å²) in [5, 5.41) is 10.1. The third-order valence-corrected chi connectivity index (χ3v) is 4.67. The quantitative estimate of drug-likeness (QED) is 0.850. The molecule has 1 heterocycles. The molecule has 0 saturated carbocycles. The van der Waals surface area contributed by atoms with Crippen molar-refractivity contribution in [3.63, 3.8) is 0 Å². The molecule has 0 unspecified atom stereocenters. The molecule has 2 aromatic rings. The number of amides is 1. The molecule has 1 saturated heterocycles. The number of aliphatic hydroxyl groups excluding tert-OH is 1. The van der Waals surface area contributed by atoms with Crippen LogP contribution in [0, 0.1) is 5.92 Å². The summed E-state index contributed by atoms with van der Waals surface area (Å²) < 4.78 is 5.19. The van der Waals surface area contributed by atoms with E-state index >= 15 is 0 Å². The topological polar surface area (TPSA) is 49.8 Å². The summed E-state index contributed by atoms with van der Waals surface area (Å²) in [4.78, 5) is 14.4. The van der Waals surface area contributed by atoms with E-state index in [1.807, 2.05) is 61.5 Å². The number of benzene rings is 2. The van der Waals surface area contributed by atoms with Crippen molar-refractivity contribution in [3.8, 4) is 5.75 Å². The van der Waals surface area contributed by atoms with Gasteiger partial charge >= 0.3 is 0 Å². The molecule has 1 fully saturated rings. The Morgan fingerprint density at radius 1 is 1.16 bits per heavy atom. The summed E-state index contributed by atoms with van der Waals surface area (Å²) in [5.74, 6) is 0.282. The van der Waals surface area contributed by atoms with Crippen LogP contribution in [-0.2, 0) is 4.79 Å². The maximum atomic E-state index is 12.6. The summed E-state index contributed by atoms with van der Waals surface area (Å²) in [7, 11) is 1.61. The predicted octanol–water partition coefficient (Wildman–Crippen LogP) is 3.51. The lowest BCUT2D eigenvalue weighted by Gasteiger charge is -2.49. The van der Waals surface area contributed by atoms with Gasteiger partial charge in [0.25, 0.3) is 0 Å². The van der Waals surface area contributed by atoms with Gasteiger partial charge in [-0.15, -0.1) is 0 Å². The van der Waals surface area contributed by atoms with Crippen molar-refractivity contribution in [2.24, 2.45) is 5.92 Å². The van der Waals surface area contributed by atoms with Gasteiger partial charge in [0.05, 0.1) is 25.2 Å². The minimum atomic E-state index is -0.689. The summed E-state index contributed by atoms with van der Waals surface area (Å²) >= 11 is 0. The van der Waals surface area contributed by atoms with Crippen molar-refractivity contribution in [2.75, 3.05) is 12.0 Å². The van der Waals surface area contributed by atoms with Gasteiger partial charge in [0, 0.05) is 5.69 Å². The smallest absolute Gasteiger partial charge is 0.235 e. The number of hydrogen-bond acceptors (Lipinski definition) is 3. The van der Waals surface area contributed by atoms with E-state index in [9.17, 15) is 9.90 Å². The fraction of sp³-hybridized carbons (Fsp3) is 0.286. The number of hydrogen-bond donors (Lipinski definition) is 1. The van der Waals surface area contributed by atoms with Crippen LogP contribution in [0.4, 0.5) is 5.69 Å². The fourth-order valence-corrected chi connectivity index (χ4v) is 3.40. The molecule has 1 aliphatic heterocycles. The second kappa shape index (κ2) is 7.11. The third kappa shape index (κ3) is 3.30. The highest BCUT2D eigenvalue weighted by Crippen LogP contribution is 2.39. The molecule has 0 radical (unpaired) electrons. The van der Waals surface area contributed by atoms with Crippen molar-refractivity contribution in [1.29, 1.82) is 0 Å². The van der Waals surface area contributed by atoms with Gasteiger partial charge < -0.3 is 14.7 Å². The molecule has 0 aliphatic carbocycles. The normalized spacial score (nSPS) is 21.7. The predicted molar refractivity (Wildman–Crippen MR) is 99.5 cm³/mol. The molecule has 1 N–H and O–H groups in total. The molecular weight excluding hydrogens is 314 g/mol. The summed E-state index contributed by atoms with van der Waals surface area (Å²) in [6.07, 6.45) is 1.38. The van der Waals surface area contributed by atoms with Gasteiger partial charge in [-0.05, 0) is 49.2 Å². The molecule has 3 rings (SSSR count). The lowest BCUT2D eigenvalue weighted by molar-refractivity contribution is -0.133. The van der Waals surface area contributed by atoms with Gasteiger partial charge in [-0.25, -0.2) is 0 Å². The summed E-state index contributed by atoms with van der Waals surface area (Å²) in [5.41, 5.74) is 2.94. The van der Waals surface area contributed by atoms with E-state index < -0.39 is 12.0 Å². The van der Waals surface area contributed by atoms with Crippen LogP contribution in [0.5, 0.6) is 5.75 Å². The Bertz CT molecular complexity index is 765. The first-order valence-corrected chi connectivity index (χ1v) is 8.41. The number of rotatable bonds is 5.